The second-order valence-electron chi connectivity index (χ2n) is 9.65. The lowest BCUT2D eigenvalue weighted by Gasteiger charge is -2.24. The Morgan fingerprint density at radius 1 is 0.769 bits per heavy atom. The molecule has 202 valence electrons. The molecule has 4 aromatic rings. The Hall–Kier alpha value is -4.59. The number of hydrogen-bond acceptors (Lipinski definition) is 5. The van der Waals surface area contributed by atoms with Gasteiger partial charge in [-0.05, 0) is 28.7 Å². The van der Waals surface area contributed by atoms with Crippen LogP contribution in [0.25, 0.3) is 10.9 Å². The Bertz CT molecular complexity index is 1390. The summed E-state index contributed by atoms with van der Waals surface area (Å²) in [5, 5.41) is 6.43. The summed E-state index contributed by atoms with van der Waals surface area (Å²) in [5.74, 6) is -1.29. The van der Waals surface area contributed by atoms with Crippen molar-refractivity contribution in [2.75, 3.05) is 0 Å². The number of esters is 1. The number of aromatic nitrogens is 1. The first-order valence-electron chi connectivity index (χ1n) is 12.9. The number of rotatable bonds is 11. The van der Waals surface area contributed by atoms with Gasteiger partial charge in [-0.2, -0.15) is 0 Å². The van der Waals surface area contributed by atoms with Gasteiger partial charge in [0.1, 0.15) is 25.3 Å². The van der Waals surface area contributed by atoms with E-state index >= 15 is 0 Å². The van der Waals surface area contributed by atoms with Gasteiger partial charge in [-0.25, -0.2) is 9.59 Å². The first-order valence-corrected chi connectivity index (χ1v) is 12.9. The Morgan fingerprint density at radius 3 is 2.00 bits per heavy atom. The van der Waals surface area contributed by atoms with Crippen molar-refractivity contribution in [2.24, 2.45) is 5.92 Å². The summed E-state index contributed by atoms with van der Waals surface area (Å²) in [4.78, 5) is 42.4. The molecule has 8 heteroatoms. The summed E-state index contributed by atoms with van der Waals surface area (Å²) >= 11 is 0. The molecule has 1 aromatic heterocycles. The maximum absolute atomic E-state index is 13.5. The molecule has 2 amide bonds. The summed E-state index contributed by atoms with van der Waals surface area (Å²) < 4.78 is 10.9. The van der Waals surface area contributed by atoms with Crippen molar-refractivity contribution in [3.63, 3.8) is 0 Å². The van der Waals surface area contributed by atoms with Crippen LogP contribution in [0.5, 0.6) is 0 Å². The van der Waals surface area contributed by atoms with Crippen LogP contribution in [0.3, 0.4) is 0 Å². The Morgan fingerprint density at radius 2 is 1.36 bits per heavy atom. The normalized spacial score (nSPS) is 12.5. The summed E-state index contributed by atoms with van der Waals surface area (Å²) in [5.41, 5.74) is 3.44. The summed E-state index contributed by atoms with van der Waals surface area (Å²) in [7, 11) is 0. The predicted molar refractivity (Wildman–Crippen MR) is 149 cm³/mol. The lowest BCUT2D eigenvalue weighted by molar-refractivity contribution is -0.150. The number of nitrogens with one attached hydrogen (secondary N) is 3. The van der Waals surface area contributed by atoms with Gasteiger partial charge < -0.3 is 25.1 Å². The molecule has 0 saturated heterocycles. The van der Waals surface area contributed by atoms with E-state index in [0.717, 1.165) is 27.6 Å². The van der Waals surface area contributed by atoms with E-state index in [2.05, 4.69) is 15.6 Å². The molecule has 0 aliphatic carbocycles. The van der Waals surface area contributed by atoms with Gasteiger partial charge in [-0.1, -0.05) is 92.7 Å². The highest BCUT2D eigenvalue weighted by Gasteiger charge is 2.30. The highest BCUT2D eigenvalue weighted by Crippen LogP contribution is 2.19. The van der Waals surface area contributed by atoms with Crippen LogP contribution in [0, 0.1) is 5.92 Å². The van der Waals surface area contributed by atoms with E-state index in [0.29, 0.717) is 0 Å². The third kappa shape index (κ3) is 7.70. The SMILES string of the molecule is CC(C)[C@H](NC(=O)[C@H](Cc1c[nH]c2ccccc12)NC(=O)OCc1ccccc1)C(=O)OCc1ccccc1. The summed E-state index contributed by atoms with van der Waals surface area (Å²) in [6, 6.07) is 24.4. The minimum atomic E-state index is -0.990. The van der Waals surface area contributed by atoms with Crippen LogP contribution in [0.1, 0.15) is 30.5 Å². The molecule has 0 radical (unpaired) electrons. The predicted octanol–water partition coefficient (Wildman–Crippen LogP) is 4.89. The quantitative estimate of drug-likeness (QED) is 0.241. The summed E-state index contributed by atoms with van der Waals surface area (Å²) in [6.45, 7) is 3.81. The number of carbonyl (C=O) groups is 3. The Kier molecular flexibility index (Phi) is 9.34. The zero-order valence-electron chi connectivity index (χ0n) is 22.1. The van der Waals surface area contributed by atoms with Gasteiger partial charge in [0.2, 0.25) is 5.91 Å². The molecule has 3 aromatic carbocycles. The number of carbonyl (C=O) groups excluding carboxylic acids is 3. The molecule has 0 aliphatic heterocycles. The molecule has 0 fully saturated rings. The maximum atomic E-state index is 13.5. The van der Waals surface area contributed by atoms with Gasteiger partial charge in [-0.15, -0.1) is 0 Å². The number of benzene rings is 3. The van der Waals surface area contributed by atoms with Crippen LogP contribution in [0.2, 0.25) is 0 Å². The molecule has 1 heterocycles. The number of hydrogen-bond donors (Lipinski definition) is 3. The number of ether oxygens (including phenoxy) is 2. The van der Waals surface area contributed by atoms with E-state index in [1.807, 2.05) is 105 Å². The number of H-pyrrole nitrogens is 1. The van der Waals surface area contributed by atoms with E-state index in [-0.39, 0.29) is 25.6 Å². The third-order valence-electron chi connectivity index (χ3n) is 6.36. The van der Waals surface area contributed by atoms with Gasteiger partial charge in [0, 0.05) is 23.5 Å². The molecule has 8 nitrogen and oxygen atoms in total. The molecular weight excluding hydrogens is 494 g/mol. The van der Waals surface area contributed by atoms with Gasteiger partial charge in [0.05, 0.1) is 0 Å². The maximum Gasteiger partial charge on any atom is 0.408 e. The third-order valence-corrected chi connectivity index (χ3v) is 6.36. The first-order chi connectivity index (χ1) is 18.9. The van der Waals surface area contributed by atoms with E-state index in [4.69, 9.17) is 9.47 Å². The van der Waals surface area contributed by atoms with Crippen molar-refractivity contribution in [3.05, 3.63) is 108 Å². The molecule has 2 atom stereocenters. The minimum absolute atomic E-state index is 0.0640. The zero-order valence-corrected chi connectivity index (χ0v) is 22.1. The fraction of sp³-hybridized carbons (Fsp3) is 0.258. The van der Waals surface area contributed by atoms with Crippen LogP contribution in [-0.4, -0.2) is 35.0 Å². The standard InChI is InChI=1S/C31H33N3O5/c1-21(2)28(30(36)38-19-22-11-5-3-6-12-22)34-29(35)27(17-24-18-32-26-16-10-9-15-25(24)26)33-31(37)39-20-23-13-7-4-8-14-23/h3-16,18,21,27-28,32H,17,19-20H2,1-2H3,(H,33,37)(H,34,35)/t27-,28-/m0/s1. The van der Waals surface area contributed by atoms with Crippen LogP contribution in [-0.2, 0) is 38.7 Å². The molecule has 4 rings (SSSR count). The lowest BCUT2D eigenvalue weighted by atomic mass is 10.0. The minimum Gasteiger partial charge on any atom is -0.459 e. The van der Waals surface area contributed by atoms with Crippen LogP contribution in [0.4, 0.5) is 4.79 Å². The fourth-order valence-corrected chi connectivity index (χ4v) is 4.21. The molecule has 0 unspecified atom stereocenters. The van der Waals surface area contributed by atoms with Crippen LogP contribution < -0.4 is 10.6 Å². The second kappa shape index (κ2) is 13.3. The van der Waals surface area contributed by atoms with Crippen molar-refractivity contribution >= 4 is 28.9 Å². The molecule has 0 saturated carbocycles. The summed E-state index contributed by atoms with van der Waals surface area (Å²) in [6.07, 6.45) is 1.28. The van der Waals surface area contributed by atoms with Crippen molar-refractivity contribution in [3.8, 4) is 0 Å². The van der Waals surface area contributed by atoms with Gasteiger partial charge in [-0.3, -0.25) is 4.79 Å². The molecule has 0 aliphatic rings. The highest BCUT2D eigenvalue weighted by atomic mass is 16.5. The fourth-order valence-electron chi connectivity index (χ4n) is 4.21. The monoisotopic (exact) mass is 527 g/mol. The number of alkyl carbamates (subject to hydrolysis) is 1. The van der Waals surface area contributed by atoms with Crippen molar-refractivity contribution in [2.45, 2.75) is 45.6 Å². The van der Waals surface area contributed by atoms with Crippen molar-refractivity contribution < 1.29 is 23.9 Å². The number of aromatic amines is 1. The average Bonchev–Trinajstić information content (AvgIpc) is 3.36. The highest BCUT2D eigenvalue weighted by molar-refractivity contribution is 5.91. The molecule has 3 N–H and O–H groups in total. The molecule has 0 bridgehead atoms. The molecule has 39 heavy (non-hydrogen) atoms. The Labute approximate surface area is 227 Å². The topological polar surface area (TPSA) is 110 Å². The average molecular weight is 528 g/mol. The molecular formula is C31H33N3O5. The van der Waals surface area contributed by atoms with Gasteiger partial charge >= 0.3 is 12.1 Å². The van der Waals surface area contributed by atoms with E-state index < -0.39 is 30.1 Å². The largest absolute Gasteiger partial charge is 0.459 e. The van der Waals surface area contributed by atoms with Gasteiger partial charge in [0.15, 0.2) is 0 Å². The van der Waals surface area contributed by atoms with Gasteiger partial charge in [0.25, 0.3) is 0 Å². The lowest BCUT2D eigenvalue weighted by Crippen LogP contribution is -2.54. The van der Waals surface area contributed by atoms with E-state index in [1.54, 1.807) is 0 Å². The van der Waals surface area contributed by atoms with E-state index in [9.17, 15) is 14.4 Å². The number of fused-ring (bicyclic) bond motifs is 1. The second-order valence-corrected chi connectivity index (χ2v) is 9.65. The smallest absolute Gasteiger partial charge is 0.408 e. The van der Waals surface area contributed by atoms with Crippen molar-refractivity contribution in [1.29, 1.82) is 0 Å². The van der Waals surface area contributed by atoms with Crippen LogP contribution in [0.15, 0.2) is 91.1 Å². The number of amides is 2. The molecule has 0 spiro atoms. The zero-order chi connectivity index (χ0) is 27.6. The van der Waals surface area contributed by atoms with Crippen molar-refractivity contribution in [1.82, 2.24) is 15.6 Å². The van der Waals surface area contributed by atoms with E-state index in [1.165, 1.54) is 0 Å². The Balaban J connectivity index is 1.47. The first kappa shape index (κ1) is 27.4. The number of para-hydroxylation sites is 1. The van der Waals surface area contributed by atoms with Crippen LogP contribution >= 0.6 is 0 Å².